The van der Waals surface area contributed by atoms with Crippen LogP contribution in [0.25, 0.3) is 0 Å². The van der Waals surface area contributed by atoms with Crippen LogP contribution in [0.2, 0.25) is 5.02 Å². The molecule has 0 aliphatic carbocycles. The van der Waals surface area contributed by atoms with Crippen LogP contribution in [0.4, 0.5) is 14.5 Å². The fourth-order valence-electron chi connectivity index (χ4n) is 3.77. The summed E-state index contributed by atoms with van der Waals surface area (Å²) in [5.41, 5.74) is -0.327. The summed E-state index contributed by atoms with van der Waals surface area (Å²) in [6.45, 7) is 2.53. The molecule has 2 aromatic carbocycles. The van der Waals surface area contributed by atoms with E-state index in [1.807, 2.05) is 6.07 Å². The fourth-order valence-corrected chi connectivity index (χ4v) is 3.95. The molecule has 1 saturated heterocycles. The first kappa shape index (κ1) is 24.0. The van der Waals surface area contributed by atoms with Gasteiger partial charge in [-0.25, -0.2) is 8.78 Å². The van der Waals surface area contributed by atoms with E-state index in [4.69, 9.17) is 16.3 Å². The van der Waals surface area contributed by atoms with E-state index in [1.165, 1.54) is 19.1 Å². The summed E-state index contributed by atoms with van der Waals surface area (Å²) in [6.07, 6.45) is 2.32. The Bertz CT molecular complexity index is 962. The number of hydrogen-bond donors (Lipinski definition) is 1. The Balaban J connectivity index is 1.39. The topological polar surface area (TPSA) is 58.6 Å². The van der Waals surface area contributed by atoms with Crippen LogP contribution in [-0.2, 0) is 4.79 Å². The zero-order valence-corrected chi connectivity index (χ0v) is 18.8. The summed E-state index contributed by atoms with van der Waals surface area (Å²) in [7, 11) is 0. The zero-order valence-electron chi connectivity index (χ0n) is 18.0. The van der Waals surface area contributed by atoms with Crippen LogP contribution in [0.5, 0.6) is 5.75 Å². The summed E-state index contributed by atoms with van der Waals surface area (Å²) < 4.78 is 34.2. The van der Waals surface area contributed by atoms with Crippen molar-refractivity contribution in [1.82, 2.24) is 4.90 Å². The second-order valence-corrected chi connectivity index (χ2v) is 8.49. The first-order valence-electron chi connectivity index (χ1n) is 10.7. The number of anilines is 1. The van der Waals surface area contributed by atoms with Gasteiger partial charge in [-0.2, -0.15) is 0 Å². The third-order valence-electron chi connectivity index (χ3n) is 5.56. The second-order valence-electron chi connectivity index (χ2n) is 8.09. The highest BCUT2D eigenvalue weighted by molar-refractivity contribution is 6.31. The molecule has 1 aliphatic heterocycles. The Labute approximate surface area is 191 Å². The molecule has 0 spiro atoms. The van der Waals surface area contributed by atoms with Crippen molar-refractivity contribution in [2.75, 3.05) is 25.0 Å². The lowest BCUT2D eigenvalue weighted by Gasteiger charge is -2.36. The molecule has 0 atom stereocenters. The average Bonchev–Trinajstić information content (AvgIpc) is 2.75. The predicted molar refractivity (Wildman–Crippen MR) is 120 cm³/mol. The van der Waals surface area contributed by atoms with Crippen molar-refractivity contribution in [3.63, 3.8) is 0 Å². The van der Waals surface area contributed by atoms with Gasteiger partial charge in [0.25, 0.3) is 5.91 Å². The highest BCUT2D eigenvalue weighted by Crippen LogP contribution is 2.32. The number of halogens is 3. The Kier molecular flexibility index (Phi) is 8.07. The molecule has 172 valence electrons. The average molecular weight is 465 g/mol. The zero-order chi connectivity index (χ0) is 23.1. The van der Waals surface area contributed by atoms with Crippen molar-refractivity contribution in [3.05, 3.63) is 58.9 Å². The van der Waals surface area contributed by atoms with Gasteiger partial charge in [-0.15, -0.1) is 0 Å². The van der Waals surface area contributed by atoms with E-state index in [-0.39, 0.29) is 29.7 Å². The van der Waals surface area contributed by atoms with Gasteiger partial charge in [0.2, 0.25) is 5.91 Å². The number of carbonyl (C=O) groups is 2. The van der Waals surface area contributed by atoms with E-state index in [2.05, 4.69) is 5.32 Å². The van der Waals surface area contributed by atoms with Crippen LogP contribution in [0.3, 0.4) is 0 Å². The number of unbranched alkanes of at least 4 members (excludes halogenated alkanes) is 1. The first-order valence-corrected chi connectivity index (χ1v) is 11.1. The monoisotopic (exact) mass is 464 g/mol. The molecular weight excluding hydrogens is 438 g/mol. The van der Waals surface area contributed by atoms with Crippen molar-refractivity contribution in [3.8, 4) is 5.75 Å². The number of nitrogens with zero attached hydrogens (tertiary/aromatic N) is 1. The van der Waals surface area contributed by atoms with Gasteiger partial charge in [-0.1, -0.05) is 17.7 Å². The largest absolute Gasteiger partial charge is 0.494 e. The van der Waals surface area contributed by atoms with Gasteiger partial charge < -0.3 is 15.0 Å². The van der Waals surface area contributed by atoms with Crippen LogP contribution in [0.15, 0.2) is 42.5 Å². The van der Waals surface area contributed by atoms with Gasteiger partial charge in [0.15, 0.2) is 0 Å². The van der Waals surface area contributed by atoms with Gasteiger partial charge in [0.1, 0.15) is 17.2 Å². The molecule has 32 heavy (non-hydrogen) atoms. The minimum atomic E-state index is -1.30. The van der Waals surface area contributed by atoms with Crippen LogP contribution >= 0.6 is 11.6 Å². The van der Waals surface area contributed by atoms with Crippen molar-refractivity contribution >= 4 is 29.1 Å². The van der Waals surface area contributed by atoms with Crippen molar-refractivity contribution in [2.45, 2.75) is 44.7 Å². The molecular formula is C24H27ClF2N2O3. The summed E-state index contributed by atoms with van der Waals surface area (Å²) in [5, 5.41) is 2.60. The van der Waals surface area contributed by atoms with E-state index < -0.39 is 11.5 Å². The molecule has 5 nitrogen and oxygen atoms in total. The maximum absolute atomic E-state index is 15.2. The number of carbonyl (C=O) groups excluding carboxylic acids is 2. The number of hydrogen-bond acceptors (Lipinski definition) is 3. The van der Waals surface area contributed by atoms with Crippen LogP contribution in [0, 0.1) is 5.82 Å². The highest BCUT2D eigenvalue weighted by atomic mass is 35.5. The lowest BCUT2D eigenvalue weighted by atomic mass is 9.88. The number of amides is 2. The molecule has 0 bridgehead atoms. The Morgan fingerprint density at radius 1 is 1.16 bits per heavy atom. The minimum Gasteiger partial charge on any atom is -0.494 e. The third-order valence-corrected chi connectivity index (χ3v) is 5.85. The van der Waals surface area contributed by atoms with Crippen molar-refractivity contribution in [1.29, 1.82) is 0 Å². The van der Waals surface area contributed by atoms with Gasteiger partial charge in [0.05, 0.1) is 11.6 Å². The number of ether oxygens (including phenoxy) is 1. The van der Waals surface area contributed by atoms with Gasteiger partial charge >= 0.3 is 0 Å². The summed E-state index contributed by atoms with van der Waals surface area (Å²) in [6, 6.07) is 11.0. The fraction of sp³-hybridized carbons (Fsp3) is 0.417. The number of nitrogens with one attached hydrogen (secondary N) is 1. The highest BCUT2D eigenvalue weighted by Gasteiger charge is 2.35. The van der Waals surface area contributed by atoms with Crippen LogP contribution < -0.4 is 10.1 Å². The minimum absolute atomic E-state index is 0.100. The molecule has 1 fully saturated rings. The van der Waals surface area contributed by atoms with Gasteiger partial charge in [0, 0.05) is 37.3 Å². The Morgan fingerprint density at radius 3 is 2.59 bits per heavy atom. The molecule has 3 rings (SSSR count). The van der Waals surface area contributed by atoms with E-state index in [1.54, 1.807) is 23.1 Å². The molecule has 0 aromatic heterocycles. The number of benzene rings is 2. The molecule has 1 heterocycles. The molecule has 2 amide bonds. The summed E-state index contributed by atoms with van der Waals surface area (Å²) in [4.78, 5) is 25.3. The van der Waals surface area contributed by atoms with Crippen LogP contribution in [-0.4, -0.2) is 42.1 Å². The third kappa shape index (κ3) is 6.66. The molecule has 8 heteroatoms. The number of rotatable bonds is 8. The standard InChI is InChI=1S/C24H27ClF2N2O3/c1-17(30)28-19-5-4-6-20(16-19)32-14-3-2-9-24(27)10-12-29(13-11-24)23(31)18-7-8-22(26)21(25)15-18/h4-8,15-16H,2-3,9-14H2,1H3,(H,28,30). The normalized spacial score (nSPS) is 15.3. The maximum atomic E-state index is 15.2. The first-order chi connectivity index (χ1) is 15.3. The SMILES string of the molecule is CC(=O)Nc1cccc(OCCCCC2(F)CCN(C(=O)c3ccc(F)c(Cl)c3)CC2)c1. The number of piperidine rings is 1. The second kappa shape index (κ2) is 10.8. The Hall–Kier alpha value is -2.67. The predicted octanol–water partition coefficient (Wildman–Crippen LogP) is 5.63. The van der Waals surface area contributed by atoms with Crippen molar-refractivity contribution < 1.29 is 23.1 Å². The molecule has 0 unspecified atom stereocenters. The van der Waals surface area contributed by atoms with E-state index >= 15 is 4.39 Å². The summed E-state index contributed by atoms with van der Waals surface area (Å²) >= 11 is 5.76. The lowest BCUT2D eigenvalue weighted by Crippen LogP contribution is -2.44. The molecule has 0 radical (unpaired) electrons. The van der Waals surface area contributed by atoms with Gasteiger partial charge in [-0.3, -0.25) is 9.59 Å². The lowest BCUT2D eigenvalue weighted by molar-refractivity contribution is -0.114. The van der Waals surface area contributed by atoms with E-state index in [0.717, 1.165) is 6.07 Å². The van der Waals surface area contributed by atoms with Crippen molar-refractivity contribution in [2.24, 2.45) is 0 Å². The molecule has 1 N–H and O–H groups in total. The van der Waals surface area contributed by atoms with E-state index in [9.17, 15) is 14.0 Å². The van der Waals surface area contributed by atoms with Gasteiger partial charge in [-0.05, 0) is 62.4 Å². The number of likely N-dealkylation sites (tertiary alicyclic amines) is 1. The molecule has 0 saturated carbocycles. The quantitative estimate of drug-likeness (QED) is 0.515. The van der Waals surface area contributed by atoms with E-state index in [0.29, 0.717) is 56.0 Å². The molecule has 1 aliphatic rings. The summed E-state index contributed by atoms with van der Waals surface area (Å²) in [5.74, 6) is -0.332. The maximum Gasteiger partial charge on any atom is 0.253 e. The molecule has 2 aromatic rings. The van der Waals surface area contributed by atoms with Crippen LogP contribution in [0.1, 0.15) is 49.4 Å². The Morgan fingerprint density at radius 2 is 1.91 bits per heavy atom. The smallest absolute Gasteiger partial charge is 0.253 e. The number of alkyl halides is 1.